The Labute approximate surface area is 209 Å². The Morgan fingerprint density at radius 1 is 1.03 bits per heavy atom. The van der Waals surface area contributed by atoms with Crippen LogP contribution in [0.4, 0.5) is 14.9 Å². The molecule has 2 amide bonds. The van der Waals surface area contributed by atoms with E-state index < -0.39 is 6.04 Å². The zero-order valence-corrected chi connectivity index (χ0v) is 20.7. The molecule has 0 saturated carbocycles. The Morgan fingerprint density at radius 3 is 2.50 bits per heavy atom. The number of carbonyl (C=O) groups excluding carboxylic acids is 1. The monoisotopic (exact) mass is 482 g/mol. The molecular formula is C29H27FN4O2. The van der Waals surface area contributed by atoms with Crippen molar-refractivity contribution >= 4 is 17.3 Å². The zero-order valence-electron chi connectivity index (χ0n) is 20.7. The van der Waals surface area contributed by atoms with E-state index in [4.69, 9.17) is 9.51 Å². The molecule has 1 aliphatic heterocycles. The summed E-state index contributed by atoms with van der Waals surface area (Å²) in [5, 5.41) is 7.33. The number of anilines is 1. The number of nitrogens with one attached hydrogen (secondary N) is 1. The second-order valence-electron chi connectivity index (χ2n) is 9.04. The molecule has 1 aliphatic rings. The van der Waals surface area contributed by atoms with Gasteiger partial charge in [0.1, 0.15) is 5.82 Å². The van der Waals surface area contributed by atoms with Gasteiger partial charge in [-0.05, 0) is 68.1 Å². The number of rotatable bonds is 5. The minimum absolute atomic E-state index is 0.315. The van der Waals surface area contributed by atoms with Crippen molar-refractivity contribution in [3.8, 4) is 11.4 Å². The first kappa shape index (κ1) is 23.5. The summed E-state index contributed by atoms with van der Waals surface area (Å²) in [5.74, 6) is 0.458. The SMILES string of the molecule is CCc1ccc(C2NC(=O)N(c3ccc(F)c(C)c3)C(C)=C2c2nc(-c3cccc(C)c3)no2)cc1. The number of carbonyl (C=O) groups is 1. The van der Waals surface area contributed by atoms with Crippen molar-refractivity contribution in [3.05, 3.63) is 106 Å². The lowest BCUT2D eigenvalue weighted by atomic mass is 9.93. The minimum atomic E-state index is -0.494. The predicted octanol–water partition coefficient (Wildman–Crippen LogP) is 6.76. The highest BCUT2D eigenvalue weighted by Gasteiger charge is 2.36. The molecule has 1 N–H and O–H groups in total. The molecule has 4 aromatic rings. The fourth-order valence-electron chi connectivity index (χ4n) is 4.53. The van der Waals surface area contributed by atoms with Gasteiger partial charge in [0.05, 0.1) is 17.3 Å². The van der Waals surface area contributed by atoms with E-state index in [0.29, 0.717) is 34.2 Å². The largest absolute Gasteiger partial charge is 0.334 e. The number of nitrogens with zero attached hydrogens (tertiary/aromatic N) is 3. The van der Waals surface area contributed by atoms with Crippen molar-refractivity contribution in [2.75, 3.05) is 4.90 Å². The first-order valence-corrected chi connectivity index (χ1v) is 11.9. The van der Waals surface area contributed by atoms with E-state index in [1.54, 1.807) is 19.1 Å². The average molecular weight is 483 g/mol. The van der Waals surface area contributed by atoms with Crippen molar-refractivity contribution in [2.24, 2.45) is 0 Å². The number of halogens is 1. The standard InChI is InChI=1S/C29H27FN4O2/c1-5-20-9-11-21(12-10-20)26-25(28-32-27(33-36-28)22-8-6-7-17(2)15-22)19(4)34(29(35)31-26)23-13-14-24(30)18(3)16-23/h6-16,26H,5H2,1-4H3,(H,31,35). The van der Waals surface area contributed by atoms with Gasteiger partial charge in [-0.2, -0.15) is 4.98 Å². The number of aromatic nitrogens is 2. The Balaban J connectivity index is 1.65. The fourth-order valence-corrected chi connectivity index (χ4v) is 4.53. The molecule has 6 nitrogen and oxygen atoms in total. The summed E-state index contributed by atoms with van der Waals surface area (Å²) < 4.78 is 19.7. The van der Waals surface area contributed by atoms with Crippen molar-refractivity contribution < 1.29 is 13.7 Å². The number of hydrogen-bond donors (Lipinski definition) is 1. The quantitative estimate of drug-likeness (QED) is 0.341. The highest BCUT2D eigenvalue weighted by molar-refractivity contribution is 6.01. The maximum Gasteiger partial charge on any atom is 0.326 e. The Morgan fingerprint density at radius 2 is 1.81 bits per heavy atom. The molecule has 0 radical (unpaired) electrons. The first-order chi connectivity index (χ1) is 17.4. The van der Waals surface area contributed by atoms with Gasteiger partial charge in [-0.1, -0.05) is 60.1 Å². The summed E-state index contributed by atoms with van der Waals surface area (Å²) in [7, 11) is 0. The molecule has 1 atom stereocenters. The van der Waals surface area contributed by atoms with Crippen LogP contribution in [0.5, 0.6) is 0 Å². The van der Waals surface area contributed by atoms with Crippen LogP contribution in [-0.2, 0) is 6.42 Å². The predicted molar refractivity (Wildman–Crippen MR) is 138 cm³/mol. The summed E-state index contributed by atoms with van der Waals surface area (Å²) in [6.45, 7) is 7.62. The van der Waals surface area contributed by atoms with Crippen LogP contribution < -0.4 is 10.2 Å². The molecule has 0 fully saturated rings. The summed E-state index contributed by atoms with van der Waals surface area (Å²) in [6, 6.07) is 19.8. The molecule has 1 unspecified atom stereocenters. The van der Waals surface area contributed by atoms with Crippen LogP contribution >= 0.6 is 0 Å². The minimum Gasteiger partial charge on any atom is -0.334 e. The van der Waals surface area contributed by atoms with Crippen LogP contribution in [0, 0.1) is 19.7 Å². The Hall–Kier alpha value is -4.26. The topological polar surface area (TPSA) is 71.3 Å². The maximum atomic E-state index is 14.0. The molecule has 2 heterocycles. The molecule has 0 bridgehead atoms. The third-order valence-electron chi connectivity index (χ3n) is 6.54. The molecule has 0 spiro atoms. The van der Waals surface area contributed by atoms with Gasteiger partial charge in [0.25, 0.3) is 5.89 Å². The van der Waals surface area contributed by atoms with E-state index >= 15 is 0 Å². The third kappa shape index (κ3) is 4.28. The molecule has 3 aromatic carbocycles. The smallest absolute Gasteiger partial charge is 0.326 e. The van der Waals surface area contributed by atoms with Gasteiger partial charge in [-0.25, -0.2) is 9.18 Å². The van der Waals surface area contributed by atoms with E-state index in [-0.39, 0.29) is 11.8 Å². The number of benzene rings is 3. The zero-order chi connectivity index (χ0) is 25.4. The van der Waals surface area contributed by atoms with Crippen LogP contribution in [0.25, 0.3) is 17.0 Å². The van der Waals surface area contributed by atoms with Gasteiger partial charge in [-0.3, -0.25) is 4.90 Å². The number of amides is 2. The van der Waals surface area contributed by atoms with Gasteiger partial charge in [-0.15, -0.1) is 0 Å². The van der Waals surface area contributed by atoms with Crippen LogP contribution in [0.3, 0.4) is 0 Å². The van der Waals surface area contributed by atoms with Crippen LogP contribution in [0.1, 0.15) is 48.0 Å². The van der Waals surface area contributed by atoms with E-state index in [2.05, 4.69) is 29.5 Å². The van der Waals surface area contributed by atoms with E-state index in [1.807, 2.05) is 50.2 Å². The summed E-state index contributed by atoms with van der Waals surface area (Å²) in [5.41, 5.74) is 6.36. The number of urea groups is 1. The lowest BCUT2D eigenvalue weighted by molar-refractivity contribution is 0.244. The summed E-state index contributed by atoms with van der Waals surface area (Å²) >= 11 is 0. The molecule has 5 rings (SSSR count). The number of allylic oxidation sites excluding steroid dienone is 1. The summed E-state index contributed by atoms with van der Waals surface area (Å²) in [4.78, 5) is 19.6. The first-order valence-electron chi connectivity index (χ1n) is 11.9. The molecule has 7 heteroatoms. The van der Waals surface area contributed by atoms with Crippen LogP contribution in [0.2, 0.25) is 0 Å². The van der Waals surface area contributed by atoms with Crippen LogP contribution in [-0.4, -0.2) is 16.2 Å². The van der Waals surface area contributed by atoms with E-state index in [9.17, 15) is 9.18 Å². The fraction of sp³-hybridized carbons (Fsp3) is 0.207. The lowest BCUT2D eigenvalue weighted by Crippen LogP contribution is -2.46. The number of hydrogen-bond acceptors (Lipinski definition) is 4. The highest BCUT2D eigenvalue weighted by atomic mass is 19.1. The van der Waals surface area contributed by atoms with Crippen molar-refractivity contribution in [3.63, 3.8) is 0 Å². The maximum absolute atomic E-state index is 14.0. The highest BCUT2D eigenvalue weighted by Crippen LogP contribution is 2.39. The second-order valence-corrected chi connectivity index (χ2v) is 9.04. The second kappa shape index (κ2) is 9.41. The van der Waals surface area contributed by atoms with Crippen molar-refractivity contribution in [1.82, 2.24) is 15.5 Å². The van der Waals surface area contributed by atoms with Gasteiger partial charge in [0.15, 0.2) is 0 Å². The van der Waals surface area contributed by atoms with E-state index in [1.165, 1.54) is 16.5 Å². The lowest BCUT2D eigenvalue weighted by Gasteiger charge is -2.35. The third-order valence-corrected chi connectivity index (χ3v) is 6.54. The summed E-state index contributed by atoms with van der Waals surface area (Å²) in [6.07, 6.45) is 0.917. The average Bonchev–Trinajstić information content (AvgIpc) is 3.36. The van der Waals surface area contributed by atoms with Crippen molar-refractivity contribution in [2.45, 2.75) is 40.2 Å². The van der Waals surface area contributed by atoms with Gasteiger partial charge < -0.3 is 9.84 Å². The molecular weight excluding hydrogens is 455 g/mol. The van der Waals surface area contributed by atoms with Gasteiger partial charge in [0, 0.05) is 11.3 Å². The Kier molecular flexibility index (Phi) is 6.14. The molecule has 182 valence electrons. The molecule has 0 aliphatic carbocycles. The molecule has 0 saturated heterocycles. The van der Waals surface area contributed by atoms with Gasteiger partial charge in [0.2, 0.25) is 5.82 Å². The van der Waals surface area contributed by atoms with Gasteiger partial charge >= 0.3 is 6.03 Å². The van der Waals surface area contributed by atoms with E-state index in [0.717, 1.165) is 23.1 Å². The Bertz CT molecular complexity index is 1470. The normalized spacial score (nSPS) is 15.9. The molecule has 1 aromatic heterocycles. The van der Waals surface area contributed by atoms with Crippen LogP contribution in [0.15, 0.2) is 77.0 Å². The molecule has 36 heavy (non-hydrogen) atoms. The number of aryl methyl sites for hydroxylation is 3. The van der Waals surface area contributed by atoms with Crippen molar-refractivity contribution in [1.29, 1.82) is 0 Å².